The lowest BCUT2D eigenvalue weighted by Crippen LogP contribution is -2.36. The Morgan fingerprint density at radius 2 is 2.13 bits per heavy atom. The van der Waals surface area contributed by atoms with Crippen LogP contribution in [0.1, 0.15) is 27.2 Å². The minimum Gasteiger partial charge on any atom is -0.450 e. The van der Waals surface area contributed by atoms with Gasteiger partial charge in [-0.1, -0.05) is 26.1 Å². The van der Waals surface area contributed by atoms with Crippen molar-refractivity contribution in [2.75, 3.05) is 19.7 Å². The van der Waals surface area contributed by atoms with Crippen LogP contribution in [-0.4, -0.2) is 35.7 Å². The summed E-state index contributed by atoms with van der Waals surface area (Å²) in [6.07, 6.45) is 0.253. The number of ether oxygens (including phenoxy) is 1. The molecule has 0 saturated carbocycles. The first kappa shape index (κ1) is 14.2. The van der Waals surface area contributed by atoms with Crippen molar-refractivity contribution < 1.29 is 9.53 Å². The zero-order chi connectivity index (χ0) is 11.8. The molecule has 1 amide bonds. The van der Waals surface area contributed by atoms with Crippen LogP contribution in [0.4, 0.5) is 4.79 Å². The van der Waals surface area contributed by atoms with Crippen LogP contribution >= 0.6 is 12.2 Å². The van der Waals surface area contributed by atoms with Gasteiger partial charge in [0.15, 0.2) is 0 Å². The summed E-state index contributed by atoms with van der Waals surface area (Å²) in [6.45, 7) is 7.48. The molecular weight excluding hydrogens is 212 g/mol. The summed E-state index contributed by atoms with van der Waals surface area (Å²) in [7, 11) is 0. The van der Waals surface area contributed by atoms with E-state index < -0.39 is 0 Å². The van der Waals surface area contributed by atoms with Crippen LogP contribution in [-0.2, 0) is 4.74 Å². The van der Waals surface area contributed by atoms with Crippen LogP contribution in [0, 0.1) is 5.92 Å². The smallest absolute Gasteiger partial charge is 0.409 e. The van der Waals surface area contributed by atoms with E-state index in [1.54, 1.807) is 11.8 Å². The molecule has 0 aliphatic carbocycles. The average Bonchev–Trinajstić information content (AvgIpc) is 2.11. The Morgan fingerprint density at radius 3 is 2.53 bits per heavy atom. The van der Waals surface area contributed by atoms with Crippen LogP contribution < -0.4 is 5.73 Å². The molecule has 0 bridgehead atoms. The zero-order valence-electron chi connectivity index (χ0n) is 9.66. The third-order valence-electron chi connectivity index (χ3n) is 1.74. The SMILES string of the molecule is CCOC(=O)N(CCC(N)=S)CC(C)C. The van der Waals surface area contributed by atoms with Crippen LogP contribution in [0.3, 0.4) is 0 Å². The second-order valence-corrected chi connectivity index (χ2v) is 4.28. The third-order valence-corrected chi connectivity index (χ3v) is 1.94. The first-order valence-corrected chi connectivity index (χ1v) is 5.58. The summed E-state index contributed by atoms with van der Waals surface area (Å²) in [5, 5.41) is 0. The molecule has 0 saturated heterocycles. The molecule has 0 aromatic carbocycles. The Bertz CT molecular complexity index is 219. The van der Waals surface area contributed by atoms with Gasteiger partial charge >= 0.3 is 6.09 Å². The summed E-state index contributed by atoms with van der Waals surface area (Å²) in [6, 6.07) is 0. The minimum atomic E-state index is -0.289. The van der Waals surface area contributed by atoms with Gasteiger partial charge in [-0.25, -0.2) is 4.79 Å². The number of nitrogens with zero attached hydrogens (tertiary/aromatic N) is 1. The Labute approximate surface area is 96.8 Å². The number of rotatable bonds is 6. The van der Waals surface area contributed by atoms with Gasteiger partial charge in [-0.15, -0.1) is 0 Å². The van der Waals surface area contributed by atoms with Gasteiger partial charge < -0.3 is 15.4 Å². The Balaban J connectivity index is 4.16. The highest BCUT2D eigenvalue weighted by atomic mass is 32.1. The molecule has 0 aliphatic rings. The maximum Gasteiger partial charge on any atom is 0.409 e. The molecule has 0 heterocycles. The highest BCUT2D eigenvalue weighted by Crippen LogP contribution is 2.02. The van der Waals surface area contributed by atoms with Gasteiger partial charge in [0.25, 0.3) is 0 Å². The number of hydrogen-bond acceptors (Lipinski definition) is 3. The van der Waals surface area contributed by atoms with Crippen molar-refractivity contribution in [3.05, 3.63) is 0 Å². The lowest BCUT2D eigenvalue weighted by atomic mass is 10.2. The Morgan fingerprint density at radius 1 is 1.53 bits per heavy atom. The number of nitrogens with two attached hydrogens (primary N) is 1. The molecule has 4 nitrogen and oxygen atoms in total. The lowest BCUT2D eigenvalue weighted by molar-refractivity contribution is 0.104. The van der Waals surface area contributed by atoms with E-state index in [4.69, 9.17) is 22.7 Å². The second-order valence-electron chi connectivity index (χ2n) is 3.76. The standard InChI is InChI=1S/C10H20N2O2S/c1-4-14-10(13)12(7-8(2)3)6-5-9(11)15/h8H,4-7H2,1-3H3,(H2,11,15). The maximum atomic E-state index is 11.5. The monoisotopic (exact) mass is 232 g/mol. The van der Waals surface area contributed by atoms with Crippen LogP contribution in [0.5, 0.6) is 0 Å². The summed E-state index contributed by atoms with van der Waals surface area (Å²) in [5.74, 6) is 0.403. The molecule has 0 radical (unpaired) electrons. The molecule has 5 heteroatoms. The minimum absolute atomic E-state index is 0.289. The van der Waals surface area contributed by atoms with Gasteiger partial charge in [0.1, 0.15) is 0 Å². The highest BCUT2D eigenvalue weighted by Gasteiger charge is 2.15. The van der Waals surface area contributed by atoms with Crippen LogP contribution in [0.15, 0.2) is 0 Å². The first-order chi connectivity index (χ1) is 6.97. The molecule has 0 spiro atoms. The number of hydrogen-bond donors (Lipinski definition) is 1. The number of carbonyl (C=O) groups excluding carboxylic acids is 1. The summed E-state index contributed by atoms with van der Waals surface area (Å²) >= 11 is 4.78. The van der Waals surface area contributed by atoms with E-state index in [2.05, 4.69) is 0 Å². The largest absolute Gasteiger partial charge is 0.450 e. The van der Waals surface area contributed by atoms with Crippen molar-refractivity contribution in [2.24, 2.45) is 11.7 Å². The number of amides is 1. The predicted octanol–water partition coefficient (Wildman–Crippen LogP) is 1.78. The molecule has 15 heavy (non-hydrogen) atoms. The molecule has 0 atom stereocenters. The van der Waals surface area contributed by atoms with E-state index in [1.165, 1.54) is 0 Å². The van der Waals surface area contributed by atoms with Crippen molar-refractivity contribution in [3.8, 4) is 0 Å². The molecule has 0 aromatic heterocycles. The molecular formula is C10H20N2O2S. The predicted molar refractivity (Wildman–Crippen MR) is 64.8 cm³/mol. The maximum absolute atomic E-state index is 11.5. The summed E-state index contributed by atoms with van der Waals surface area (Å²) in [5.41, 5.74) is 5.40. The van der Waals surface area contributed by atoms with Gasteiger partial charge in [0.05, 0.1) is 11.6 Å². The van der Waals surface area contributed by atoms with Crippen molar-refractivity contribution >= 4 is 23.3 Å². The van der Waals surface area contributed by atoms with Gasteiger partial charge in [-0.05, 0) is 12.8 Å². The molecule has 0 unspecified atom stereocenters. The van der Waals surface area contributed by atoms with E-state index >= 15 is 0 Å². The van der Waals surface area contributed by atoms with Gasteiger partial charge in [-0.3, -0.25) is 0 Å². The topological polar surface area (TPSA) is 55.6 Å². The number of carbonyl (C=O) groups is 1. The van der Waals surface area contributed by atoms with Gasteiger partial charge in [-0.2, -0.15) is 0 Å². The fourth-order valence-corrected chi connectivity index (χ4v) is 1.25. The third kappa shape index (κ3) is 7.13. The molecule has 0 aliphatic heterocycles. The Hall–Kier alpha value is -0.840. The quantitative estimate of drug-likeness (QED) is 0.709. The molecule has 0 aromatic rings. The normalized spacial score (nSPS) is 10.1. The van der Waals surface area contributed by atoms with E-state index in [0.29, 0.717) is 37.0 Å². The van der Waals surface area contributed by atoms with Crippen molar-refractivity contribution in [3.63, 3.8) is 0 Å². The van der Waals surface area contributed by atoms with E-state index in [1.807, 2.05) is 13.8 Å². The van der Waals surface area contributed by atoms with Crippen molar-refractivity contribution in [1.82, 2.24) is 4.90 Å². The number of thiocarbonyl (C=S) groups is 1. The fourth-order valence-electron chi connectivity index (χ4n) is 1.16. The molecule has 0 rings (SSSR count). The van der Waals surface area contributed by atoms with Crippen molar-refractivity contribution in [1.29, 1.82) is 0 Å². The van der Waals surface area contributed by atoms with E-state index in [9.17, 15) is 4.79 Å². The summed E-state index contributed by atoms with van der Waals surface area (Å²) < 4.78 is 4.94. The lowest BCUT2D eigenvalue weighted by Gasteiger charge is -2.23. The average molecular weight is 232 g/mol. The molecule has 88 valence electrons. The van der Waals surface area contributed by atoms with Crippen molar-refractivity contribution in [2.45, 2.75) is 27.2 Å². The first-order valence-electron chi connectivity index (χ1n) is 5.17. The van der Waals surface area contributed by atoms with E-state index in [0.717, 1.165) is 0 Å². The molecule has 0 fully saturated rings. The van der Waals surface area contributed by atoms with Gasteiger partial charge in [0.2, 0.25) is 0 Å². The van der Waals surface area contributed by atoms with Crippen LogP contribution in [0.25, 0.3) is 0 Å². The highest BCUT2D eigenvalue weighted by molar-refractivity contribution is 7.80. The second kappa shape index (κ2) is 7.45. The summed E-state index contributed by atoms with van der Waals surface area (Å²) in [4.78, 5) is 13.6. The fraction of sp³-hybridized carbons (Fsp3) is 0.800. The molecule has 2 N–H and O–H groups in total. The van der Waals surface area contributed by atoms with Gasteiger partial charge in [0, 0.05) is 19.5 Å². The Kier molecular flexibility index (Phi) is 7.03. The van der Waals surface area contributed by atoms with Crippen LogP contribution in [0.2, 0.25) is 0 Å². The zero-order valence-corrected chi connectivity index (χ0v) is 10.5. The van der Waals surface area contributed by atoms with E-state index in [-0.39, 0.29) is 6.09 Å².